The Bertz CT molecular complexity index is 1110. The van der Waals surface area contributed by atoms with Crippen molar-refractivity contribution in [2.45, 2.75) is 19.9 Å². The number of thiazole rings is 1. The lowest BCUT2D eigenvalue weighted by molar-refractivity contribution is 0.101. The zero-order valence-electron chi connectivity index (χ0n) is 15.8. The number of aryl methyl sites for hydroxylation is 1. The second kappa shape index (κ2) is 7.40. The summed E-state index contributed by atoms with van der Waals surface area (Å²) in [5, 5.41) is 7.67. The molecule has 0 aliphatic rings. The van der Waals surface area contributed by atoms with Crippen molar-refractivity contribution in [2.24, 2.45) is 7.05 Å². The molecule has 0 aliphatic carbocycles. The lowest BCUT2D eigenvalue weighted by Crippen LogP contribution is -2.18. The lowest BCUT2D eigenvalue weighted by atomic mass is 10.1. The molecule has 3 aromatic heterocycles. The van der Waals surface area contributed by atoms with Gasteiger partial charge < -0.3 is 4.57 Å². The average Bonchev–Trinajstić information content (AvgIpc) is 3.41. The summed E-state index contributed by atoms with van der Waals surface area (Å²) >= 11 is 1.41. The Labute approximate surface area is 166 Å². The van der Waals surface area contributed by atoms with Crippen LogP contribution in [0.5, 0.6) is 0 Å². The zero-order chi connectivity index (χ0) is 19.7. The SMILES string of the molecule is CC(C)n1nccc1C(=O)Nc1nc(-c2ccccc2)c(-c2nccn2C)s1. The fraction of sp³-hybridized carbons (Fsp3) is 0.200. The van der Waals surface area contributed by atoms with Crippen LogP contribution in [0.1, 0.15) is 30.4 Å². The third-order valence-electron chi connectivity index (χ3n) is 4.31. The first-order valence-corrected chi connectivity index (χ1v) is 9.75. The number of carbonyl (C=O) groups is 1. The summed E-state index contributed by atoms with van der Waals surface area (Å²) < 4.78 is 3.64. The molecule has 0 atom stereocenters. The van der Waals surface area contributed by atoms with Crippen molar-refractivity contribution in [2.75, 3.05) is 5.32 Å². The molecule has 3 heterocycles. The topological polar surface area (TPSA) is 77.6 Å². The van der Waals surface area contributed by atoms with E-state index in [4.69, 9.17) is 4.98 Å². The van der Waals surface area contributed by atoms with Crippen molar-refractivity contribution in [3.63, 3.8) is 0 Å². The maximum atomic E-state index is 12.8. The van der Waals surface area contributed by atoms with Crippen molar-refractivity contribution >= 4 is 22.4 Å². The molecule has 1 N–H and O–H groups in total. The molecule has 1 aromatic carbocycles. The summed E-state index contributed by atoms with van der Waals surface area (Å²) in [6.07, 6.45) is 5.28. The first kappa shape index (κ1) is 18.1. The van der Waals surface area contributed by atoms with Crippen LogP contribution in [-0.2, 0) is 7.05 Å². The highest BCUT2D eigenvalue weighted by atomic mass is 32.1. The minimum atomic E-state index is -0.231. The van der Waals surface area contributed by atoms with Gasteiger partial charge in [0, 0.05) is 37.2 Å². The molecule has 0 spiro atoms. The van der Waals surface area contributed by atoms with Crippen LogP contribution in [0.4, 0.5) is 5.13 Å². The second-order valence-electron chi connectivity index (χ2n) is 6.63. The van der Waals surface area contributed by atoms with Gasteiger partial charge in [-0.1, -0.05) is 41.7 Å². The first-order valence-electron chi connectivity index (χ1n) is 8.93. The van der Waals surface area contributed by atoms with Gasteiger partial charge in [0.1, 0.15) is 5.69 Å². The monoisotopic (exact) mass is 392 g/mol. The van der Waals surface area contributed by atoms with E-state index in [-0.39, 0.29) is 11.9 Å². The van der Waals surface area contributed by atoms with Gasteiger partial charge in [0.05, 0.1) is 10.6 Å². The molecule has 1 amide bonds. The van der Waals surface area contributed by atoms with E-state index in [2.05, 4.69) is 15.4 Å². The third kappa shape index (κ3) is 3.34. The van der Waals surface area contributed by atoms with E-state index in [0.717, 1.165) is 22.0 Å². The van der Waals surface area contributed by atoms with Gasteiger partial charge in [-0.25, -0.2) is 9.97 Å². The van der Waals surface area contributed by atoms with Crippen LogP contribution in [-0.4, -0.2) is 30.2 Å². The number of hydrogen-bond acceptors (Lipinski definition) is 5. The molecule has 8 heteroatoms. The molecule has 0 bridgehead atoms. The van der Waals surface area contributed by atoms with Gasteiger partial charge in [-0.15, -0.1) is 0 Å². The van der Waals surface area contributed by atoms with Crippen LogP contribution in [0.3, 0.4) is 0 Å². The zero-order valence-corrected chi connectivity index (χ0v) is 16.6. The van der Waals surface area contributed by atoms with E-state index in [0.29, 0.717) is 10.8 Å². The smallest absolute Gasteiger partial charge is 0.275 e. The molecule has 0 fully saturated rings. The summed E-state index contributed by atoms with van der Waals surface area (Å²) in [5.74, 6) is 0.579. The van der Waals surface area contributed by atoms with Crippen molar-refractivity contribution < 1.29 is 4.79 Å². The van der Waals surface area contributed by atoms with E-state index in [9.17, 15) is 4.79 Å². The van der Waals surface area contributed by atoms with Crippen LogP contribution < -0.4 is 5.32 Å². The Hall–Kier alpha value is -3.26. The van der Waals surface area contributed by atoms with Gasteiger partial charge in [-0.2, -0.15) is 5.10 Å². The van der Waals surface area contributed by atoms with Gasteiger partial charge in [-0.05, 0) is 19.9 Å². The standard InChI is InChI=1S/C20H20N6OS/c1-13(2)26-15(9-10-22-26)19(27)24-20-23-16(14-7-5-4-6-8-14)17(28-20)18-21-11-12-25(18)3/h4-13H,1-3H3,(H,23,24,27). The number of imidazole rings is 1. The van der Waals surface area contributed by atoms with E-state index >= 15 is 0 Å². The number of anilines is 1. The van der Waals surface area contributed by atoms with Crippen molar-refractivity contribution in [3.8, 4) is 22.0 Å². The maximum absolute atomic E-state index is 12.8. The minimum absolute atomic E-state index is 0.0926. The highest BCUT2D eigenvalue weighted by Gasteiger charge is 2.21. The molecule has 0 unspecified atom stereocenters. The molecule has 0 aliphatic heterocycles. The van der Waals surface area contributed by atoms with Crippen molar-refractivity contribution in [1.82, 2.24) is 24.3 Å². The van der Waals surface area contributed by atoms with Crippen LogP contribution in [0, 0.1) is 0 Å². The fourth-order valence-corrected chi connectivity index (χ4v) is 3.99. The number of hydrogen-bond donors (Lipinski definition) is 1. The summed E-state index contributed by atoms with van der Waals surface area (Å²) in [4.78, 5) is 22.9. The molecule has 4 rings (SSSR count). The molecule has 0 radical (unpaired) electrons. The molecule has 0 saturated heterocycles. The summed E-state index contributed by atoms with van der Waals surface area (Å²) in [6, 6.07) is 11.7. The van der Waals surface area contributed by atoms with Gasteiger partial charge in [0.25, 0.3) is 5.91 Å². The molecule has 0 saturated carbocycles. The summed E-state index contributed by atoms with van der Waals surface area (Å²) in [7, 11) is 1.94. The normalized spacial score (nSPS) is 11.1. The van der Waals surface area contributed by atoms with Gasteiger partial charge in [0.15, 0.2) is 11.0 Å². The van der Waals surface area contributed by atoms with Crippen LogP contribution >= 0.6 is 11.3 Å². The van der Waals surface area contributed by atoms with Crippen LogP contribution in [0.2, 0.25) is 0 Å². The van der Waals surface area contributed by atoms with E-state index in [1.807, 2.05) is 62.0 Å². The highest BCUT2D eigenvalue weighted by molar-refractivity contribution is 7.19. The number of carbonyl (C=O) groups excluding carboxylic acids is 1. The predicted molar refractivity (Wildman–Crippen MR) is 110 cm³/mol. The van der Waals surface area contributed by atoms with Gasteiger partial charge in [0.2, 0.25) is 0 Å². The number of amides is 1. The number of aromatic nitrogens is 5. The summed E-state index contributed by atoms with van der Waals surface area (Å²) in [6.45, 7) is 3.97. The Morgan fingerprint density at radius 2 is 1.93 bits per heavy atom. The molecule has 142 valence electrons. The Kier molecular flexibility index (Phi) is 4.79. The molecule has 7 nitrogen and oxygen atoms in total. The third-order valence-corrected chi connectivity index (χ3v) is 5.28. The average molecular weight is 392 g/mol. The van der Waals surface area contributed by atoms with Crippen LogP contribution in [0.15, 0.2) is 55.0 Å². The molecule has 28 heavy (non-hydrogen) atoms. The highest BCUT2D eigenvalue weighted by Crippen LogP contribution is 2.38. The maximum Gasteiger partial charge on any atom is 0.275 e. The number of nitrogens with one attached hydrogen (secondary N) is 1. The van der Waals surface area contributed by atoms with Crippen molar-refractivity contribution in [1.29, 1.82) is 0 Å². The summed E-state index contributed by atoms with van der Waals surface area (Å²) in [5.41, 5.74) is 2.28. The number of nitrogens with zero attached hydrogens (tertiary/aromatic N) is 5. The minimum Gasteiger partial charge on any atom is -0.333 e. The van der Waals surface area contributed by atoms with E-state index in [1.54, 1.807) is 23.1 Å². The Morgan fingerprint density at radius 1 is 1.14 bits per heavy atom. The Balaban J connectivity index is 1.73. The Morgan fingerprint density at radius 3 is 2.61 bits per heavy atom. The van der Waals surface area contributed by atoms with Crippen LogP contribution in [0.25, 0.3) is 22.0 Å². The molecule has 4 aromatic rings. The predicted octanol–water partition coefficient (Wildman–Crippen LogP) is 4.24. The van der Waals surface area contributed by atoms with Gasteiger partial charge in [-0.3, -0.25) is 14.8 Å². The number of benzene rings is 1. The largest absolute Gasteiger partial charge is 0.333 e. The molecular formula is C20H20N6OS. The second-order valence-corrected chi connectivity index (χ2v) is 7.63. The first-order chi connectivity index (χ1) is 13.5. The van der Waals surface area contributed by atoms with Crippen molar-refractivity contribution in [3.05, 3.63) is 60.7 Å². The molecular weight excluding hydrogens is 372 g/mol. The number of rotatable bonds is 5. The van der Waals surface area contributed by atoms with E-state index < -0.39 is 0 Å². The van der Waals surface area contributed by atoms with Gasteiger partial charge >= 0.3 is 0 Å². The fourth-order valence-electron chi connectivity index (χ4n) is 2.97. The van der Waals surface area contributed by atoms with E-state index in [1.165, 1.54) is 11.3 Å². The lowest BCUT2D eigenvalue weighted by Gasteiger charge is -2.09. The quantitative estimate of drug-likeness (QED) is 0.551.